The van der Waals surface area contributed by atoms with E-state index in [1.807, 2.05) is 0 Å². The van der Waals surface area contributed by atoms with Gasteiger partial charge in [0.15, 0.2) is 0 Å². The van der Waals surface area contributed by atoms with E-state index in [-0.39, 0.29) is 18.7 Å². The van der Waals surface area contributed by atoms with Crippen molar-refractivity contribution in [2.24, 2.45) is 0 Å². The molecule has 1 saturated heterocycles. The van der Waals surface area contributed by atoms with Gasteiger partial charge in [0.1, 0.15) is 13.1 Å². The fraction of sp³-hybridized carbons (Fsp3) is 0.167. The van der Waals surface area contributed by atoms with Crippen LogP contribution in [0.15, 0.2) is 24.3 Å². The average Bonchev–Trinajstić information content (AvgIpc) is 2.67. The number of nitrogens with zero attached hydrogens (tertiary/aromatic N) is 3. The molecule has 1 aliphatic rings. The lowest BCUT2D eigenvalue weighted by Gasteiger charge is -2.15. The highest BCUT2D eigenvalue weighted by Gasteiger charge is 2.36. The number of carboxylic acids is 1. The molecule has 1 aromatic rings. The highest BCUT2D eigenvalue weighted by molar-refractivity contribution is 6.12. The van der Waals surface area contributed by atoms with E-state index in [4.69, 9.17) is 10.4 Å². The van der Waals surface area contributed by atoms with E-state index in [1.54, 1.807) is 6.07 Å². The molecule has 7 heteroatoms. The van der Waals surface area contributed by atoms with E-state index in [9.17, 15) is 14.4 Å². The van der Waals surface area contributed by atoms with E-state index in [0.717, 1.165) is 9.80 Å². The number of amides is 3. The van der Waals surface area contributed by atoms with Gasteiger partial charge in [0.25, 0.3) is 5.91 Å². The summed E-state index contributed by atoms with van der Waals surface area (Å²) in [6, 6.07) is 6.84. The summed E-state index contributed by atoms with van der Waals surface area (Å²) in [7, 11) is 0. The molecule has 0 bridgehead atoms. The number of benzene rings is 1. The van der Waals surface area contributed by atoms with Crippen LogP contribution in [0.25, 0.3) is 0 Å². The monoisotopic (exact) mass is 259 g/mol. The first-order valence-corrected chi connectivity index (χ1v) is 5.36. The van der Waals surface area contributed by atoms with Crippen LogP contribution in [0, 0.1) is 11.3 Å². The van der Waals surface area contributed by atoms with Gasteiger partial charge < -0.3 is 5.11 Å². The third kappa shape index (κ3) is 2.24. The van der Waals surface area contributed by atoms with Gasteiger partial charge in [-0.3, -0.25) is 9.69 Å². The topological polar surface area (TPSA) is 102 Å². The molecule has 0 aliphatic carbocycles. The molecule has 1 N–H and O–H groups in total. The number of urea groups is 1. The second kappa shape index (κ2) is 4.78. The maximum absolute atomic E-state index is 11.9. The van der Waals surface area contributed by atoms with Crippen molar-refractivity contribution in [2.75, 3.05) is 18.0 Å². The second-order valence-corrected chi connectivity index (χ2v) is 3.86. The quantitative estimate of drug-likeness (QED) is 0.635. The van der Waals surface area contributed by atoms with Crippen molar-refractivity contribution >= 4 is 23.6 Å². The number of hydrogen-bond acceptors (Lipinski definition) is 4. The number of anilines is 1. The molecule has 2 rings (SSSR count). The molecule has 19 heavy (non-hydrogen) atoms. The molecule has 3 amide bonds. The summed E-state index contributed by atoms with van der Waals surface area (Å²) in [4.78, 5) is 36.3. The predicted molar refractivity (Wildman–Crippen MR) is 63.5 cm³/mol. The van der Waals surface area contributed by atoms with Gasteiger partial charge in [-0.2, -0.15) is 5.26 Å². The third-order valence-electron chi connectivity index (χ3n) is 2.69. The third-order valence-corrected chi connectivity index (χ3v) is 2.69. The van der Waals surface area contributed by atoms with Crippen molar-refractivity contribution < 1.29 is 19.5 Å². The summed E-state index contributed by atoms with van der Waals surface area (Å²) in [5.41, 5.74) is 0.343. The molecule has 0 radical (unpaired) electrons. The Labute approximate surface area is 108 Å². The number of hydrogen-bond donors (Lipinski definition) is 1. The summed E-state index contributed by atoms with van der Waals surface area (Å²) in [6.07, 6.45) is 0. The standard InChI is InChI=1S/C12H9N3O4/c13-4-5-14-10(16)7-15(12(14)19)9-3-1-2-8(6-9)11(17)18/h1-3,6H,5,7H2,(H,17,18). The number of carbonyl (C=O) groups excluding carboxylic acids is 2. The smallest absolute Gasteiger partial charge is 0.335 e. The van der Waals surface area contributed by atoms with Crippen LogP contribution in [0.3, 0.4) is 0 Å². The zero-order chi connectivity index (χ0) is 14.0. The molecule has 1 aromatic carbocycles. The average molecular weight is 259 g/mol. The van der Waals surface area contributed by atoms with Crippen LogP contribution in [0.5, 0.6) is 0 Å². The van der Waals surface area contributed by atoms with Gasteiger partial charge in [-0.1, -0.05) is 6.07 Å². The molecule has 1 aliphatic heterocycles. The number of rotatable bonds is 3. The summed E-state index contributed by atoms with van der Waals surface area (Å²) < 4.78 is 0. The van der Waals surface area contributed by atoms with Crippen LogP contribution >= 0.6 is 0 Å². The first kappa shape index (κ1) is 12.6. The van der Waals surface area contributed by atoms with Crippen molar-refractivity contribution in [3.63, 3.8) is 0 Å². The number of carbonyl (C=O) groups is 3. The van der Waals surface area contributed by atoms with Gasteiger partial charge in [-0.05, 0) is 18.2 Å². The maximum Gasteiger partial charge on any atom is 0.335 e. The molecule has 96 valence electrons. The Morgan fingerprint density at radius 2 is 2.16 bits per heavy atom. The summed E-state index contributed by atoms with van der Waals surface area (Å²) in [5, 5.41) is 17.4. The Morgan fingerprint density at radius 1 is 1.42 bits per heavy atom. The summed E-state index contributed by atoms with van der Waals surface area (Å²) >= 11 is 0. The van der Waals surface area contributed by atoms with Crippen molar-refractivity contribution in [1.29, 1.82) is 5.26 Å². The van der Waals surface area contributed by atoms with Crippen molar-refractivity contribution in [2.45, 2.75) is 0 Å². The Balaban J connectivity index is 2.31. The van der Waals surface area contributed by atoms with E-state index in [0.29, 0.717) is 5.69 Å². The Bertz CT molecular complexity index is 605. The van der Waals surface area contributed by atoms with Crippen LogP contribution in [0.1, 0.15) is 10.4 Å². The van der Waals surface area contributed by atoms with Gasteiger partial charge in [0.2, 0.25) is 0 Å². The minimum Gasteiger partial charge on any atom is -0.478 e. The second-order valence-electron chi connectivity index (χ2n) is 3.86. The van der Waals surface area contributed by atoms with Crippen LogP contribution in [0.2, 0.25) is 0 Å². The van der Waals surface area contributed by atoms with Gasteiger partial charge in [-0.15, -0.1) is 0 Å². The molecular formula is C12H9N3O4. The van der Waals surface area contributed by atoms with Gasteiger partial charge in [0.05, 0.1) is 11.6 Å². The van der Waals surface area contributed by atoms with Gasteiger partial charge >= 0.3 is 12.0 Å². The van der Waals surface area contributed by atoms with Gasteiger partial charge in [-0.25, -0.2) is 14.5 Å². The fourth-order valence-corrected chi connectivity index (χ4v) is 1.78. The zero-order valence-electron chi connectivity index (χ0n) is 9.74. The molecule has 0 aromatic heterocycles. The maximum atomic E-state index is 11.9. The fourth-order valence-electron chi connectivity index (χ4n) is 1.78. The predicted octanol–water partition coefficient (Wildman–Crippen LogP) is 0.677. The minimum absolute atomic E-state index is 0.0245. The van der Waals surface area contributed by atoms with Crippen LogP contribution in [-0.4, -0.2) is 41.0 Å². The molecule has 0 saturated carbocycles. The lowest BCUT2D eigenvalue weighted by atomic mass is 10.2. The van der Waals surface area contributed by atoms with E-state index >= 15 is 0 Å². The lowest BCUT2D eigenvalue weighted by molar-refractivity contribution is -0.124. The SMILES string of the molecule is N#CCN1C(=O)CN(c2cccc(C(=O)O)c2)C1=O. The molecule has 0 unspecified atom stereocenters. The van der Waals surface area contributed by atoms with Crippen molar-refractivity contribution in [3.05, 3.63) is 29.8 Å². The number of imide groups is 1. The number of nitriles is 1. The molecular weight excluding hydrogens is 250 g/mol. The molecule has 7 nitrogen and oxygen atoms in total. The van der Waals surface area contributed by atoms with Crippen LogP contribution < -0.4 is 4.90 Å². The largest absolute Gasteiger partial charge is 0.478 e. The molecule has 0 spiro atoms. The minimum atomic E-state index is -1.12. The van der Waals surface area contributed by atoms with Crippen molar-refractivity contribution in [1.82, 2.24) is 4.90 Å². The van der Waals surface area contributed by atoms with Crippen LogP contribution in [-0.2, 0) is 4.79 Å². The number of carboxylic acid groups (broad SMARTS) is 1. The molecule has 0 atom stereocenters. The van der Waals surface area contributed by atoms with Crippen LogP contribution in [0.4, 0.5) is 10.5 Å². The van der Waals surface area contributed by atoms with E-state index < -0.39 is 17.9 Å². The normalized spacial score (nSPS) is 14.7. The van der Waals surface area contributed by atoms with Crippen molar-refractivity contribution in [3.8, 4) is 6.07 Å². The Hall–Kier alpha value is -2.88. The van der Waals surface area contributed by atoms with E-state index in [2.05, 4.69) is 0 Å². The first-order chi connectivity index (χ1) is 9.04. The highest BCUT2D eigenvalue weighted by atomic mass is 16.4. The summed E-state index contributed by atoms with van der Waals surface area (Å²) in [6.45, 7) is -0.504. The number of aromatic carboxylic acids is 1. The summed E-state index contributed by atoms with van der Waals surface area (Å²) in [5.74, 6) is -1.60. The highest BCUT2D eigenvalue weighted by Crippen LogP contribution is 2.22. The first-order valence-electron chi connectivity index (χ1n) is 5.36. The lowest BCUT2D eigenvalue weighted by Crippen LogP contribution is -2.33. The zero-order valence-corrected chi connectivity index (χ0v) is 9.74. The Morgan fingerprint density at radius 3 is 2.79 bits per heavy atom. The Kier molecular flexibility index (Phi) is 3.16. The molecule has 1 heterocycles. The molecule has 1 fully saturated rings. The van der Waals surface area contributed by atoms with Gasteiger partial charge in [0, 0.05) is 5.69 Å². The van der Waals surface area contributed by atoms with E-state index in [1.165, 1.54) is 24.3 Å².